The first-order chi connectivity index (χ1) is 7.63. The first-order valence-corrected chi connectivity index (χ1v) is 6.18. The summed E-state index contributed by atoms with van der Waals surface area (Å²) in [6, 6.07) is 0.276. The van der Waals surface area contributed by atoms with Crippen molar-refractivity contribution in [3.8, 4) is 0 Å². The summed E-state index contributed by atoms with van der Waals surface area (Å²) in [6.45, 7) is 2.71. The van der Waals surface area contributed by atoms with E-state index in [1.165, 1.54) is 6.42 Å². The molecule has 1 amide bonds. The highest BCUT2D eigenvalue weighted by Gasteiger charge is 2.23. The van der Waals surface area contributed by atoms with Crippen molar-refractivity contribution in [1.82, 2.24) is 5.32 Å². The van der Waals surface area contributed by atoms with Gasteiger partial charge < -0.3 is 15.8 Å². The molecule has 1 aliphatic carbocycles. The number of hydrogen-bond acceptors (Lipinski definition) is 3. The zero-order valence-electron chi connectivity index (χ0n) is 10.4. The van der Waals surface area contributed by atoms with E-state index < -0.39 is 0 Å². The van der Waals surface area contributed by atoms with E-state index in [-0.39, 0.29) is 18.1 Å². The Morgan fingerprint density at radius 3 is 2.88 bits per heavy atom. The molecule has 1 fully saturated rings. The van der Waals surface area contributed by atoms with Crippen LogP contribution in [0.4, 0.5) is 0 Å². The highest BCUT2D eigenvalue weighted by atomic mass is 16.5. The quantitative estimate of drug-likeness (QED) is 0.714. The molecule has 0 aliphatic heterocycles. The second-order valence-electron chi connectivity index (χ2n) is 4.74. The average molecular weight is 228 g/mol. The zero-order chi connectivity index (χ0) is 12.0. The second kappa shape index (κ2) is 6.86. The molecule has 4 nitrogen and oxygen atoms in total. The summed E-state index contributed by atoms with van der Waals surface area (Å²) < 4.78 is 5.10. The number of ether oxygens (including phenoxy) is 1. The molecular weight excluding hydrogens is 204 g/mol. The summed E-state index contributed by atoms with van der Waals surface area (Å²) >= 11 is 0. The standard InChI is InChI=1S/C12H24N2O2/c1-9(16-2)6-7-12(15)14-8-10-4-3-5-11(10)13/h9-11H,3-8,13H2,1-2H3,(H,14,15). The smallest absolute Gasteiger partial charge is 0.220 e. The van der Waals surface area contributed by atoms with Crippen molar-refractivity contribution in [3.05, 3.63) is 0 Å². The van der Waals surface area contributed by atoms with Crippen LogP contribution in [0.5, 0.6) is 0 Å². The van der Waals surface area contributed by atoms with Gasteiger partial charge >= 0.3 is 0 Å². The number of methoxy groups -OCH3 is 1. The van der Waals surface area contributed by atoms with Crippen LogP contribution < -0.4 is 11.1 Å². The molecule has 0 aromatic rings. The monoisotopic (exact) mass is 228 g/mol. The van der Waals surface area contributed by atoms with Gasteiger partial charge in [0.25, 0.3) is 0 Å². The van der Waals surface area contributed by atoms with Gasteiger partial charge in [0.05, 0.1) is 6.10 Å². The van der Waals surface area contributed by atoms with Crippen molar-refractivity contribution in [3.63, 3.8) is 0 Å². The molecule has 0 heterocycles. The SMILES string of the molecule is COC(C)CCC(=O)NCC1CCCC1N. The van der Waals surface area contributed by atoms with Crippen molar-refractivity contribution in [2.45, 2.75) is 51.2 Å². The van der Waals surface area contributed by atoms with Crippen LogP contribution in [0.2, 0.25) is 0 Å². The van der Waals surface area contributed by atoms with Crippen LogP contribution in [-0.2, 0) is 9.53 Å². The highest BCUT2D eigenvalue weighted by Crippen LogP contribution is 2.22. The molecule has 94 valence electrons. The number of nitrogens with two attached hydrogens (primary N) is 1. The van der Waals surface area contributed by atoms with Gasteiger partial charge in [-0.3, -0.25) is 4.79 Å². The Hall–Kier alpha value is -0.610. The van der Waals surface area contributed by atoms with Crippen molar-refractivity contribution in [1.29, 1.82) is 0 Å². The van der Waals surface area contributed by atoms with Crippen LogP contribution in [-0.4, -0.2) is 31.7 Å². The molecule has 16 heavy (non-hydrogen) atoms. The summed E-state index contributed by atoms with van der Waals surface area (Å²) in [5.41, 5.74) is 5.94. The van der Waals surface area contributed by atoms with Gasteiger partial charge in [0.1, 0.15) is 0 Å². The zero-order valence-corrected chi connectivity index (χ0v) is 10.4. The molecule has 0 saturated heterocycles. The van der Waals surface area contributed by atoms with Gasteiger partial charge in [-0.05, 0) is 32.1 Å². The summed E-state index contributed by atoms with van der Waals surface area (Å²) in [6.07, 6.45) is 4.91. The van der Waals surface area contributed by atoms with E-state index in [0.717, 1.165) is 25.8 Å². The molecule has 3 unspecified atom stereocenters. The average Bonchev–Trinajstić information content (AvgIpc) is 2.69. The summed E-state index contributed by atoms with van der Waals surface area (Å²) in [5, 5.41) is 2.96. The molecule has 1 aliphatic rings. The minimum absolute atomic E-state index is 0.114. The Bertz CT molecular complexity index is 221. The predicted octanol–water partition coefficient (Wildman–Crippen LogP) is 1.05. The van der Waals surface area contributed by atoms with E-state index in [4.69, 9.17) is 10.5 Å². The topological polar surface area (TPSA) is 64.3 Å². The summed E-state index contributed by atoms with van der Waals surface area (Å²) in [5.74, 6) is 0.590. The first-order valence-electron chi connectivity index (χ1n) is 6.18. The molecule has 0 aromatic heterocycles. The Morgan fingerprint density at radius 2 is 2.31 bits per heavy atom. The lowest BCUT2D eigenvalue weighted by Gasteiger charge is -2.16. The maximum Gasteiger partial charge on any atom is 0.220 e. The summed E-state index contributed by atoms with van der Waals surface area (Å²) in [4.78, 5) is 11.5. The Morgan fingerprint density at radius 1 is 1.56 bits per heavy atom. The van der Waals surface area contributed by atoms with Crippen LogP contribution in [0.15, 0.2) is 0 Å². The maximum absolute atomic E-state index is 11.5. The fourth-order valence-electron chi connectivity index (χ4n) is 2.10. The van der Waals surface area contributed by atoms with Gasteiger partial charge in [-0.2, -0.15) is 0 Å². The van der Waals surface area contributed by atoms with Crippen LogP contribution in [0.25, 0.3) is 0 Å². The molecule has 3 N–H and O–H groups in total. The first kappa shape index (κ1) is 13.5. The van der Waals surface area contributed by atoms with Gasteiger partial charge in [-0.15, -0.1) is 0 Å². The van der Waals surface area contributed by atoms with E-state index >= 15 is 0 Å². The fourth-order valence-corrected chi connectivity index (χ4v) is 2.10. The lowest BCUT2D eigenvalue weighted by molar-refractivity contribution is -0.121. The van der Waals surface area contributed by atoms with E-state index in [1.807, 2.05) is 6.92 Å². The molecular formula is C12H24N2O2. The third-order valence-electron chi connectivity index (χ3n) is 3.46. The largest absolute Gasteiger partial charge is 0.382 e. The number of rotatable bonds is 6. The number of hydrogen-bond donors (Lipinski definition) is 2. The van der Waals surface area contributed by atoms with Crippen LogP contribution in [0, 0.1) is 5.92 Å². The number of amides is 1. The highest BCUT2D eigenvalue weighted by molar-refractivity contribution is 5.75. The lowest BCUT2D eigenvalue weighted by Crippen LogP contribution is -2.36. The van der Waals surface area contributed by atoms with E-state index in [0.29, 0.717) is 12.3 Å². The van der Waals surface area contributed by atoms with Crippen molar-refractivity contribution in [2.75, 3.05) is 13.7 Å². The molecule has 0 spiro atoms. The normalized spacial score (nSPS) is 26.7. The van der Waals surface area contributed by atoms with Gasteiger partial charge in [-0.25, -0.2) is 0 Å². The lowest BCUT2D eigenvalue weighted by atomic mass is 10.0. The number of carbonyl (C=O) groups is 1. The predicted molar refractivity (Wildman–Crippen MR) is 64.0 cm³/mol. The third-order valence-corrected chi connectivity index (χ3v) is 3.46. The minimum atomic E-state index is 0.114. The number of carbonyl (C=O) groups excluding carboxylic acids is 1. The molecule has 4 heteroatoms. The van der Waals surface area contributed by atoms with Crippen molar-refractivity contribution in [2.24, 2.45) is 11.7 Å². The molecule has 1 rings (SSSR count). The molecule has 3 atom stereocenters. The maximum atomic E-state index is 11.5. The van der Waals surface area contributed by atoms with Crippen molar-refractivity contribution >= 4 is 5.91 Å². The molecule has 0 radical (unpaired) electrons. The van der Waals surface area contributed by atoms with Gasteiger partial charge in [-0.1, -0.05) is 6.42 Å². The Kier molecular flexibility index (Phi) is 5.77. The summed E-state index contributed by atoms with van der Waals surface area (Å²) in [7, 11) is 1.67. The van der Waals surface area contributed by atoms with E-state index in [1.54, 1.807) is 7.11 Å². The molecule has 1 saturated carbocycles. The van der Waals surface area contributed by atoms with Gasteiger partial charge in [0.15, 0.2) is 0 Å². The van der Waals surface area contributed by atoms with Crippen LogP contribution in [0.1, 0.15) is 39.0 Å². The Labute approximate surface area is 97.9 Å². The molecule has 0 aromatic carbocycles. The van der Waals surface area contributed by atoms with Gasteiger partial charge in [0.2, 0.25) is 5.91 Å². The Balaban J connectivity index is 2.10. The van der Waals surface area contributed by atoms with Gasteiger partial charge in [0, 0.05) is 26.1 Å². The van der Waals surface area contributed by atoms with Crippen molar-refractivity contribution < 1.29 is 9.53 Å². The number of nitrogens with one attached hydrogen (secondary N) is 1. The van der Waals surface area contributed by atoms with Crippen LogP contribution in [0.3, 0.4) is 0 Å². The van der Waals surface area contributed by atoms with Crippen LogP contribution >= 0.6 is 0 Å². The minimum Gasteiger partial charge on any atom is -0.382 e. The fraction of sp³-hybridized carbons (Fsp3) is 0.917. The van der Waals surface area contributed by atoms with E-state index in [2.05, 4.69) is 5.32 Å². The molecule has 0 bridgehead atoms. The third kappa shape index (κ3) is 4.49. The van der Waals surface area contributed by atoms with E-state index in [9.17, 15) is 4.79 Å². The second-order valence-corrected chi connectivity index (χ2v) is 4.74.